The molecule has 0 N–H and O–H groups in total. The van der Waals surface area contributed by atoms with Gasteiger partial charge in [0.25, 0.3) is 0 Å². The molecule has 0 saturated carbocycles. The van der Waals surface area contributed by atoms with Crippen LogP contribution in [0.15, 0.2) is 87.5 Å². The predicted octanol–water partition coefficient (Wildman–Crippen LogP) is 8.20. The van der Waals surface area contributed by atoms with Crippen LogP contribution in [-0.4, -0.2) is 24.3 Å². The molecule has 3 aromatic carbocycles. The fourth-order valence-electron chi connectivity index (χ4n) is 3.70. The van der Waals surface area contributed by atoms with E-state index in [1.54, 1.807) is 0 Å². The molecule has 0 saturated heterocycles. The van der Waals surface area contributed by atoms with Gasteiger partial charge in [-0.2, -0.15) is 0 Å². The van der Waals surface area contributed by atoms with Crippen LogP contribution in [0.4, 0.5) is 0 Å². The van der Waals surface area contributed by atoms with Crippen molar-refractivity contribution in [3.8, 4) is 17.2 Å². The minimum atomic E-state index is -2.40. The molecule has 0 aliphatic carbocycles. The van der Waals surface area contributed by atoms with Gasteiger partial charge in [-0.3, -0.25) is 4.79 Å². The molecule has 0 unspecified atom stereocenters. The number of carbonyl (C=O) groups is 1. The quantitative estimate of drug-likeness (QED) is 0.260. The van der Waals surface area contributed by atoms with Crippen LogP contribution in [0.25, 0.3) is 0 Å². The summed E-state index contributed by atoms with van der Waals surface area (Å²) in [6, 6.07) is 23.6. The summed E-state index contributed by atoms with van der Waals surface area (Å²) in [4.78, 5) is 15.6. The van der Waals surface area contributed by atoms with Crippen LogP contribution in [0.5, 0.6) is 17.2 Å². The van der Waals surface area contributed by atoms with E-state index < -0.39 is 10.3 Å². The van der Waals surface area contributed by atoms with Gasteiger partial charge < -0.3 is 18.4 Å². The second kappa shape index (κ2) is 12.2. The molecule has 5 nitrogen and oxygen atoms in total. The maximum Gasteiger partial charge on any atom is 0.316 e. The zero-order chi connectivity index (χ0) is 26.3. The van der Waals surface area contributed by atoms with Gasteiger partial charge in [-0.1, -0.05) is 6.92 Å². The van der Waals surface area contributed by atoms with Crippen LogP contribution in [-0.2, 0) is 8.98 Å². The second-order valence-electron chi connectivity index (χ2n) is 9.28. The fourth-order valence-corrected chi connectivity index (χ4v) is 6.76. The normalized spacial score (nSPS) is 12.1. The summed E-state index contributed by atoms with van der Waals surface area (Å²) in [5, 5.41) is 0. The zero-order valence-corrected chi connectivity index (χ0v) is 23.1. The highest BCUT2D eigenvalue weighted by atomic mass is 32.3. The highest BCUT2D eigenvalue weighted by molar-refractivity contribution is 8.30. The van der Waals surface area contributed by atoms with Crippen molar-refractivity contribution >= 4 is 16.3 Å². The van der Waals surface area contributed by atoms with Gasteiger partial charge in [0, 0.05) is 21.1 Å². The molecule has 0 heterocycles. The van der Waals surface area contributed by atoms with Gasteiger partial charge in [0.05, 0.1) is 18.3 Å². The molecule has 36 heavy (non-hydrogen) atoms. The van der Waals surface area contributed by atoms with E-state index in [2.05, 4.69) is 0 Å². The topological polar surface area (TPSA) is 54.0 Å². The van der Waals surface area contributed by atoms with E-state index in [-0.39, 0.29) is 30.7 Å². The van der Waals surface area contributed by atoms with Crippen molar-refractivity contribution in [2.24, 2.45) is 0 Å². The van der Waals surface area contributed by atoms with Gasteiger partial charge in [-0.15, -0.1) is 0 Å². The molecule has 3 rings (SSSR count). The standard InChI is InChI=1S/C30H38O5S/c1-8-30(31)35-36(27-15-9-24(10-16-27)32-21(2)3,28-17-11-25(12-18-28)33-22(4)5)29-19-13-26(14-20-29)34-23(6)7/h9-23H,8H2,1-7H3. The van der Waals surface area contributed by atoms with Gasteiger partial charge in [0.1, 0.15) is 17.2 Å². The van der Waals surface area contributed by atoms with Gasteiger partial charge in [-0.05, 0) is 125 Å². The van der Waals surface area contributed by atoms with Crippen LogP contribution in [0.2, 0.25) is 0 Å². The number of carbonyl (C=O) groups excluding carboxylic acids is 1. The Kier molecular flexibility index (Phi) is 9.32. The summed E-state index contributed by atoms with van der Waals surface area (Å²) in [6.45, 7) is 13.8. The average Bonchev–Trinajstić information content (AvgIpc) is 2.83. The first-order valence-electron chi connectivity index (χ1n) is 12.5. The second-order valence-corrected chi connectivity index (χ2v) is 12.0. The minimum Gasteiger partial charge on any atom is -0.491 e. The van der Waals surface area contributed by atoms with Crippen molar-refractivity contribution in [3.63, 3.8) is 0 Å². The van der Waals surface area contributed by atoms with E-state index in [4.69, 9.17) is 18.4 Å². The molecule has 6 heteroatoms. The molecule has 194 valence electrons. The van der Waals surface area contributed by atoms with E-state index in [0.29, 0.717) is 0 Å². The first-order valence-corrected chi connectivity index (χ1v) is 14.1. The Balaban J connectivity index is 2.20. The molecule has 0 radical (unpaired) electrons. The van der Waals surface area contributed by atoms with Crippen molar-refractivity contribution < 1.29 is 23.2 Å². The Hall–Kier alpha value is -3.12. The number of ether oxygens (including phenoxy) is 3. The Morgan fingerprint density at radius 1 is 0.583 bits per heavy atom. The fraction of sp³-hybridized carbons (Fsp3) is 0.367. The molecule has 0 amide bonds. The molecule has 0 spiro atoms. The Morgan fingerprint density at radius 3 is 1.08 bits per heavy atom. The highest BCUT2D eigenvalue weighted by Crippen LogP contribution is 2.69. The summed E-state index contributed by atoms with van der Waals surface area (Å²) >= 11 is 0. The third-order valence-electron chi connectivity index (χ3n) is 5.09. The SMILES string of the molecule is CCC(=O)OS(c1ccc(OC(C)C)cc1)(c1ccc(OC(C)C)cc1)c1ccc(OC(C)C)cc1. The van der Waals surface area contributed by atoms with Crippen LogP contribution in [0.3, 0.4) is 0 Å². The Bertz CT molecular complexity index is 974. The van der Waals surface area contributed by atoms with Crippen molar-refractivity contribution in [1.82, 2.24) is 0 Å². The van der Waals surface area contributed by atoms with Crippen LogP contribution in [0, 0.1) is 0 Å². The minimum absolute atomic E-state index is 0.0628. The molecule has 0 aromatic heterocycles. The summed E-state index contributed by atoms with van der Waals surface area (Å²) < 4.78 is 24.0. The number of benzene rings is 3. The Morgan fingerprint density at radius 2 is 0.861 bits per heavy atom. The number of hydrogen-bond donors (Lipinski definition) is 0. The first kappa shape index (κ1) is 27.5. The van der Waals surface area contributed by atoms with E-state index in [1.165, 1.54) is 0 Å². The highest BCUT2D eigenvalue weighted by Gasteiger charge is 2.35. The maximum absolute atomic E-state index is 12.9. The Labute approximate surface area is 217 Å². The molecule has 0 aliphatic rings. The molecule has 0 fully saturated rings. The third kappa shape index (κ3) is 6.76. The van der Waals surface area contributed by atoms with E-state index in [9.17, 15) is 4.79 Å². The predicted molar refractivity (Wildman–Crippen MR) is 145 cm³/mol. The average molecular weight is 511 g/mol. The summed E-state index contributed by atoms with van der Waals surface area (Å²) in [7, 11) is -2.40. The molecular weight excluding hydrogens is 472 g/mol. The van der Waals surface area contributed by atoms with Crippen molar-refractivity contribution in [2.45, 2.75) is 87.9 Å². The van der Waals surface area contributed by atoms with Crippen molar-refractivity contribution in [3.05, 3.63) is 72.8 Å². The largest absolute Gasteiger partial charge is 0.491 e. The molecular formula is C30H38O5S. The van der Waals surface area contributed by atoms with Crippen LogP contribution in [0.1, 0.15) is 54.9 Å². The van der Waals surface area contributed by atoms with E-state index in [1.807, 2.05) is 121 Å². The van der Waals surface area contributed by atoms with Gasteiger partial charge >= 0.3 is 5.97 Å². The molecule has 0 aliphatic heterocycles. The van der Waals surface area contributed by atoms with Crippen molar-refractivity contribution in [1.29, 1.82) is 0 Å². The third-order valence-corrected chi connectivity index (χ3v) is 8.33. The van der Waals surface area contributed by atoms with E-state index >= 15 is 0 Å². The summed E-state index contributed by atoms with van der Waals surface area (Å²) in [5.41, 5.74) is 0. The molecule has 0 bridgehead atoms. The van der Waals surface area contributed by atoms with E-state index in [0.717, 1.165) is 31.9 Å². The number of rotatable bonds is 11. The maximum atomic E-state index is 12.9. The summed E-state index contributed by atoms with van der Waals surface area (Å²) in [5.74, 6) is 2.04. The lowest BCUT2D eigenvalue weighted by Gasteiger charge is -2.40. The zero-order valence-electron chi connectivity index (χ0n) is 22.3. The van der Waals surface area contributed by atoms with Crippen molar-refractivity contribution in [2.75, 3.05) is 0 Å². The lowest BCUT2D eigenvalue weighted by Crippen LogP contribution is -2.13. The lowest BCUT2D eigenvalue weighted by atomic mass is 10.3. The molecule has 0 atom stereocenters. The molecule has 3 aromatic rings. The number of hydrogen-bond acceptors (Lipinski definition) is 5. The first-order chi connectivity index (χ1) is 17.1. The van der Waals surface area contributed by atoms with Gasteiger partial charge in [0.2, 0.25) is 0 Å². The van der Waals surface area contributed by atoms with Crippen LogP contribution >= 0.6 is 10.3 Å². The smallest absolute Gasteiger partial charge is 0.316 e. The van der Waals surface area contributed by atoms with Crippen LogP contribution < -0.4 is 14.2 Å². The van der Waals surface area contributed by atoms with Gasteiger partial charge in [-0.25, -0.2) is 0 Å². The monoisotopic (exact) mass is 510 g/mol. The van der Waals surface area contributed by atoms with Gasteiger partial charge in [0.15, 0.2) is 0 Å². The lowest BCUT2D eigenvalue weighted by molar-refractivity contribution is -0.133. The summed E-state index contributed by atoms with van der Waals surface area (Å²) in [6.07, 6.45) is 0.459.